The Morgan fingerprint density at radius 2 is 0.800 bits per heavy atom. The minimum atomic E-state index is -1.71. The van der Waals surface area contributed by atoms with Gasteiger partial charge in [-0.25, -0.2) is 26.3 Å². The minimum absolute atomic E-state index is 0.0218. The van der Waals surface area contributed by atoms with Crippen LogP contribution in [0.1, 0.15) is 22.3 Å². The van der Waals surface area contributed by atoms with Crippen molar-refractivity contribution in [1.29, 1.82) is 21.0 Å². The molecule has 0 aliphatic heterocycles. The first kappa shape index (κ1) is 25.8. The summed E-state index contributed by atoms with van der Waals surface area (Å²) < 4.78 is 83.5. The molecule has 4 aromatic rings. The number of rotatable bonds is 2. The topological polar surface area (TPSA) is 95.2 Å². The summed E-state index contributed by atoms with van der Waals surface area (Å²) in [6.07, 6.45) is 0. The molecule has 4 aromatic carbocycles. The number of fused-ring (bicyclic) bond motifs is 3. The summed E-state index contributed by atoms with van der Waals surface area (Å²) >= 11 is 0. The zero-order valence-electron chi connectivity index (χ0n) is 19.7. The number of allylic oxidation sites excluding steroid dienone is 1. The highest BCUT2D eigenvalue weighted by Gasteiger charge is 2.31. The van der Waals surface area contributed by atoms with Crippen LogP contribution in [0.2, 0.25) is 0 Å². The largest absolute Gasteiger partial charge is 0.204 e. The molecule has 0 atom stereocenters. The monoisotopic (exact) mass is 538 g/mol. The van der Waals surface area contributed by atoms with Crippen LogP contribution in [0.15, 0.2) is 54.1 Å². The smallest absolute Gasteiger partial charge is 0.194 e. The van der Waals surface area contributed by atoms with Gasteiger partial charge in [-0.3, -0.25) is 0 Å². The van der Waals surface area contributed by atoms with Gasteiger partial charge in [-0.15, -0.1) is 0 Å². The molecule has 0 N–H and O–H groups in total. The van der Waals surface area contributed by atoms with Crippen molar-refractivity contribution in [2.24, 2.45) is 0 Å². The first-order valence-electron chi connectivity index (χ1n) is 11.1. The van der Waals surface area contributed by atoms with Crippen molar-refractivity contribution in [3.63, 3.8) is 0 Å². The van der Waals surface area contributed by atoms with E-state index in [1.54, 1.807) is 12.1 Å². The summed E-state index contributed by atoms with van der Waals surface area (Å²) in [6.45, 7) is 0. The predicted octanol–water partition coefficient (Wildman–Crippen LogP) is 7.43. The van der Waals surface area contributed by atoms with Crippen LogP contribution in [0.4, 0.5) is 26.3 Å². The second-order valence-electron chi connectivity index (χ2n) is 8.59. The maximum Gasteiger partial charge on any atom is 0.194 e. The van der Waals surface area contributed by atoms with Gasteiger partial charge in [0.1, 0.15) is 17.7 Å². The maximum atomic E-state index is 14.1. The molecule has 1 aliphatic rings. The average Bonchev–Trinajstić information content (AvgIpc) is 3.25. The van der Waals surface area contributed by atoms with E-state index in [0.717, 1.165) is 0 Å². The molecule has 5 rings (SSSR count). The molecular weight excluding hydrogens is 530 g/mol. The molecule has 0 fully saturated rings. The van der Waals surface area contributed by atoms with Gasteiger partial charge in [0.25, 0.3) is 0 Å². The second kappa shape index (κ2) is 9.48. The standard InChI is InChI=1S/C30H8F6N4/c31-24-3-13(4-25(32)29(24)35)18-7-20-21-8-19(14-5-26(33)30(36)27(34)6-14)16(10-38)2-23(21)28(17(11-39)12-40)22(20)1-15(18)9-37/h1-8H. The predicted molar refractivity (Wildman–Crippen MR) is 129 cm³/mol. The Balaban J connectivity index is 1.89. The third-order valence-electron chi connectivity index (χ3n) is 6.45. The van der Waals surface area contributed by atoms with Crippen LogP contribution in [-0.4, -0.2) is 0 Å². The van der Waals surface area contributed by atoms with Crippen molar-refractivity contribution in [2.45, 2.75) is 0 Å². The molecule has 0 heterocycles. The van der Waals surface area contributed by atoms with E-state index in [-0.39, 0.29) is 66.8 Å². The number of hydrogen-bond acceptors (Lipinski definition) is 4. The lowest BCUT2D eigenvalue weighted by Crippen LogP contribution is -1.95. The van der Waals surface area contributed by atoms with E-state index in [2.05, 4.69) is 0 Å². The van der Waals surface area contributed by atoms with Gasteiger partial charge in [0, 0.05) is 16.7 Å². The normalized spacial score (nSPS) is 11.1. The van der Waals surface area contributed by atoms with E-state index in [9.17, 15) is 47.4 Å². The van der Waals surface area contributed by atoms with E-state index < -0.39 is 34.9 Å². The van der Waals surface area contributed by atoms with Gasteiger partial charge >= 0.3 is 0 Å². The Kier molecular flexibility index (Phi) is 6.11. The van der Waals surface area contributed by atoms with Gasteiger partial charge in [-0.2, -0.15) is 21.0 Å². The van der Waals surface area contributed by atoms with E-state index in [1.807, 2.05) is 12.1 Å². The summed E-state index contributed by atoms with van der Waals surface area (Å²) in [6, 6.07) is 15.3. The van der Waals surface area contributed by atoms with Gasteiger partial charge in [-0.05, 0) is 81.9 Å². The molecule has 0 radical (unpaired) electrons. The lowest BCUT2D eigenvalue weighted by atomic mass is 9.91. The molecule has 0 saturated carbocycles. The first-order valence-corrected chi connectivity index (χ1v) is 11.1. The van der Waals surface area contributed by atoms with E-state index in [1.165, 1.54) is 24.3 Å². The fourth-order valence-electron chi connectivity index (χ4n) is 4.69. The van der Waals surface area contributed by atoms with Gasteiger partial charge in [0.15, 0.2) is 34.9 Å². The highest BCUT2D eigenvalue weighted by Crippen LogP contribution is 2.50. The Morgan fingerprint density at radius 1 is 0.450 bits per heavy atom. The minimum Gasteiger partial charge on any atom is -0.204 e. The summed E-state index contributed by atoms with van der Waals surface area (Å²) in [5.74, 6) is -9.43. The number of nitriles is 4. The number of benzene rings is 4. The summed E-state index contributed by atoms with van der Waals surface area (Å²) in [5, 5.41) is 38.9. The highest BCUT2D eigenvalue weighted by atomic mass is 19.2. The molecule has 0 aromatic heterocycles. The molecule has 4 nitrogen and oxygen atoms in total. The number of halogens is 6. The van der Waals surface area contributed by atoms with Gasteiger partial charge in [0.2, 0.25) is 0 Å². The van der Waals surface area contributed by atoms with E-state index in [0.29, 0.717) is 24.3 Å². The molecule has 0 unspecified atom stereocenters. The Bertz CT molecular complexity index is 1830. The van der Waals surface area contributed by atoms with Gasteiger partial charge in [-0.1, -0.05) is 0 Å². The highest BCUT2D eigenvalue weighted by molar-refractivity contribution is 6.07. The van der Waals surface area contributed by atoms with E-state index in [4.69, 9.17) is 0 Å². The van der Waals surface area contributed by atoms with Crippen molar-refractivity contribution < 1.29 is 26.3 Å². The van der Waals surface area contributed by atoms with Crippen molar-refractivity contribution in [3.8, 4) is 57.7 Å². The molecule has 190 valence electrons. The van der Waals surface area contributed by atoms with Crippen molar-refractivity contribution >= 4 is 5.57 Å². The van der Waals surface area contributed by atoms with Gasteiger partial charge in [0.05, 0.1) is 23.3 Å². The Hall–Kier alpha value is -5.84. The van der Waals surface area contributed by atoms with E-state index >= 15 is 0 Å². The van der Waals surface area contributed by atoms with Gasteiger partial charge < -0.3 is 0 Å². The zero-order valence-corrected chi connectivity index (χ0v) is 19.7. The maximum absolute atomic E-state index is 14.1. The number of nitrogens with zero attached hydrogens (tertiary/aromatic N) is 4. The fourth-order valence-corrected chi connectivity index (χ4v) is 4.69. The van der Waals surface area contributed by atoms with Crippen molar-refractivity contribution in [1.82, 2.24) is 0 Å². The van der Waals surface area contributed by atoms with Crippen LogP contribution < -0.4 is 0 Å². The van der Waals surface area contributed by atoms with Crippen molar-refractivity contribution in [3.05, 3.63) is 111 Å². The third-order valence-corrected chi connectivity index (χ3v) is 6.45. The van der Waals surface area contributed by atoms with Crippen LogP contribution in [0, 0.1) is 80.2 Å². The van der Waals surface area contributed by atoms with Crippen LogP contribution in [0.5, 0.6) is 0 Å². The Labute approximate surface area is 222 Å². The van der Waals surface area contributed by atoms with Crippen LogP contribution in [-0.2, 0) is 0 Å². The molecule has 10 heteroatoms. The Morgan fingerprint density at radius 3 is 1.10 bits per heavy atom. The van der Waals surface area contributed by atoms with Crippen LogP contribution in [0.3, 0.4) is 0 Å². The molecule has 1 aliphatic carbocycles. The lowest BCUT2D eigenvalue weighted by molar-refractivity contribution is 0.447. The summed E-state index contributed by atoms with van der Waals surface area (Å²) in [4.78, 5) is 0. The second-order valence-corrected chi connectivity index (χ2v) is 8.59. The fraction of sp³-hybridized carbons (Fsp3) is 0. The molecule has 40 heavy (non-hydrogen) atoms. The summed E-state index contributed by atoms with van der Waals surface area (Å²) in [5.41, 5.74) is -0.164. The average molecular weight is 538 g/mol. The van der Waals surface area contributed by atoms with Crippen LogP contribution >= 0.6 is 0 Å². The molecule has 0 spiro atoms. The molecular formula is C30H8F6N4. The molecule has 0 saturated heterocycles. The molecule has 0 amide bonds. The lowest BCUT2D eigenvalue weighted by Gasteiger charge is -2.11. The van der Waals surface area contributed by atoms with Crippen molar-refractivity contribution in [2.75, 3.05) is 0 Å². The quantitative estimate of drug-likeness (QED) is 0.133. The number of hydrogen-bond donors (Lipinski definition) is 0. The first-order chi connectivity index (χ1) is 19.1. The summed E-state index contributed by atoms with van der Waals surface area (Å²) in [7, 11) is 0. The SMILES string of the molecule is N#CC(C#N)=C1c2cc(C#N)c(-c3cc(F)c(F)c(F)c3)cc2-c2cc(-c3cc(F)c(F)c(F)c3)c(C#N)cc21. The zero-order chi connectivity index (χ0) is 28.9. The van der Waals surface area contributed by atoms with Crippen LogP contribution in [0.25, 0.3) is 39.0 Å². The molecule has 0 bridgehead atoms. The third kappa shape index (κ3) is 3.84.